The molecule has 176 valence electrons. The van der Waals surface area contributed by atoms with Crippen LogP contribution < -0.4 is 14.2 Å². The molecule has 0 bridgehead atoms. The summed E-state index contributed by atoms with van der Waals surface area (Å²) in [4.78, 5) is 0. The Morgan fingerprint density at radius 3 is 1.14 bits per heavy atom. The van der Waals surface area contributed by atoms with Gasteiger partial charge in [-0.1, -0.05) is 0 Å². The topological polar surface area (TPSA) is 123 Å². The first kappa shape index (κ1) is 24.4. The van der Waals surface area contributed by atoms with Crippen LogP contribution in [0.25, 0.3) is 22.3 Å². The molecule has 0 saturated heterocycles. The van der Waals surface area contributed by atoms with Gasteiger partial charge in [-0.3, -0.25) is 0 Å². The summed E-state index contributed by atoms with van der Waals surface area (Å²) in [6, 6.07) is 28.5. The standard InChI is InChI=1S/C30H18N4O3/c1-35-25-3-5-29(27(13-25)23-9-19(15-31)7-20(10-23)16-32)37-30-6-4-26(36-2)14-28(30)24-11-21(17-33)8-22(12-24)18-34/h3-14H,1-2H3. The van der Waals surface area contributed by atoms with E-state index >= 15 is 0 Å². The van der Waals surface area contributed by atoms with Crippen LogP contribution in [0.3, 0.4) is 0 Å². The van der Waals surface area contributed by atoms with Crippen molar-refractivity contribution in [3.8, 4) is 69.5 Å². The number of ether oxygens (including phenoxy) is 3. The lowest BCUT2D eigenvalue weighted by atomic mass is 9.98. The fourth-order valence-electron chi connectivity index (χ4n) is 3.84. The molecule has 0 amide bonds. The number of methoxy groups -OCH3 is 2. The molecule has 0 spiro atoms. The van der Waals surface area contributed by atoms with E-state index in [0.717, 1.165) is 0 Å². The molecule has 0 aliphatic carbocycles. The Balaban J connectivity index is 1.90. The van der Waals surface area contributed by atoms with Crippen LogP contribution in [-0.4, -0.2) is 14.2 Å². The van der Waals surface area contributed by atoms with Gasteiger partial charge in [0.1, 0.15) is 23.0 Å². The van der Waals surface area contributed by atoms with E-state index in [1.165, 1.54) is 12.1 Å². The molecule has 0 N–H and O–H groups in total. The average Bonchev–Trinajstić information content (AvgIpc) is 2.96. The third-order valence-corrected chi connectivity index (χ3v) is 5.60. The van der Waals surface area contributed by atoms with E-state index in [1.54, 1.807) is 74.9 Å². The highest BCUT2D eigenvalue weighted by Gasteiger charge is 2.16. The molecule has 0 fully saturated rings. The van der Waals surface area contributed by atoms with Crippen molar-refractivity contribution in [1.29, 1.82) is 21.0 Å². The second kappa shape index (κ2) is 10.7. The number of benzene rings is 4. The summed E-state index contributed by atoms with van der Waals surface area (Å²) >= 11 is 0. The Morgan fingerprint density at radius 2 is 0.838 bits per heavy atom. The summed E-state index contributed by atoms with van der Waals surface area (Å²) in [5.74, 6) is 2.03. The molecule has 0 aliphatic rings. The second-order valence-corrected chi connectivity index (χ2v) is 7.87. The minimum atomic E-state index is 0.338. The maximum atomic E-state index is 9.46. The zero-order chi connectivity index (χ0) is 26.4. The molecular weight excluding hydrogens is 464 g/mol. The predicted octanol–water partition coefficient (Wildman–Crippen LogP) is 6.32. The fourth-order valence-corrected chi connectivity index (χ4v) is 3.84. The first-order chi connectivity index (χ1) is 18.0. The predicted molar refractivity (Wildman–Crippen MR) is 136 cm³/mol. The third-order valence-electron chi connectivity index (χ3n) is 5.60. The minimum absolute atomic E-state index is 0.338. The molecule has 0 aliphatic heterocycles. The SMILES string of the molecule is COc1ccc(Oc2ccc(OC)cc2-c2cc(C#N)cc(C#N)c2)c(-c2cc(C#N)cc(C#N)c2)c1. The van der Waals surface area contributed by atoms with Gasteiger partial charge in [0.05, 0.1) is 60.8 Å². The van der Waals surface area contributed by atoms with E-state index < -0.39 is 0 Å². The summed E-state index contributed by atoms with van der Waals surface area (Å²) in [7, 11) is 3.09. The third kappa shape index (κ3) is 5.18. The van der Waals surface area contributed by atoms with Crippen LogP contribution in [0.5, 0.6) is 23.0 Å². The highest BCUT2D eigenvalue weighted by atomic mass is 16.5. The van der Waals surface area contributed by atoms with E-state index in [9.17, 15) is 21.0 Å². The molecule has 0 atom stereocenters. The van der Waals surface area contributed by atoms with Gasteiger partial charge in [-0.15, -0.1) is 0 Å². The maximum Gasteiger partial charge on any atom is 0.135 e. The summed E-state index contributed by atoms with van der Waals surface area (Å²) in [6.45, 7) is 0. The molecule has 4 aromatic rings. The summed E-state index contributed by atoms with van der Waals surface area (Å²) in [5.41, 5.74) is 3.79. The van der Waals surface area contributed by atoms with Gasteiger partial charge in [0.25, 0.3) is 0 Å². The van der Waals surface area contributed by atoms with Crippen LogP contribution in [0.2, 0.25) is 0 Å². The van der Waals surface area contributed by atoms with Gasteiger partial charge in [0.15, 0.2) is 0 Å². The number of nitriles is 4. The molecule has 0 unspecified atom stereocenters. The highest BCUT2D eigenvalue weighted by Crippen LogP contribution is 2.41. The molecular formula is C30H18N4O3. The van der Waals surface area contributed by atoms with Crippen molar-refractivity contribution in [3.63, 3.8) is 0 Å². The lowest BCUT2D eigenvalue weighted by Gasteiger charge is -2.17. The van der Waals surface area contributed by atoms with Gasteiger partial charge < -0.3 is 14.2 Å². The lowest BCUT2D eigenvalue weighted by molar-refractivity contribution is 0.411. The minimum Gasteiger partial charge on any atom is -0.497 e. The van der Waals surface area contributed by atoms with Gasteiger partial charge in [0.2, 0.25) is 0 Å². The maximum absolute atomic E-state index is 9.46. The van der Waals surface area contributed by atoms with Crippen LogP contribution in [-0.2, 0) is 0 Å². The van der Waals surface area contributed by atoms with Crippen molar-refractivity contribution in [2.24, 2.45) is 0 Å². The van der Waals surface area contributed by atoms with Gasteiger partial charge in [0, 0.05) is 11.1 Å². The van der Waals surface area contributed by atoms with Crippen molar-refractivity contribution >= 4 is 0 Å². The van der Waals surface area contributed by atoms with Crippen molar-refractivity contribution in [1.82, 2.24) is 0 Å². The number of nitrogens with zero attached hydrogens (tertiary/aromatic N) is 4. The molecule has 37 heavy (non-hydrogen) atoms. The summed E-state index contributed by atoms with van der Waals surface area (Å²) in [5, 5.41) is 37.8. The number of hydrogen-bond donors (Lipinski definition) is 0. The molecule has 0 radical (unpaired) electrons. The molecule has 7 nitrogen and oxygen atoms in total. The molecule has 4 rings (SSSR count). The van der Waals surface area contributed by atoms with Gasteiger partial charge in [-0.25, -0.2) is 0 Å². The Labute approximate surface area is 214 Å². The fraction of sp³-hybridized carbons (Fsp3) is 0.0667. The number of hydrogen-bond acceptors (Lipinski definition) is 7. The second-order valence-electron chi connectivity index (χ2n) is 7.87. The lowest BCUT2D eigenvalue weighted by Crippen LogP contribution is -1.95. The molecule has 0 aromatic heterocycles. The van der Waals surface area contributed by atoms with E-state index in [2.05, 4.69) is 24.3 Å². The molecule has 0 saturated carbocycles. The number of rotatable bonds is 6. The van der Waals surface area contributed by atoms with Crippen LogP contribution in [0.1, 0.15) is 22.3 Å². The van der Waals surface area contributed by atoms with Crippen LogP contribution in [0, 0.1) is 45.3 Å². The normalized spacial score (nSPS) is 9.78. The molecule has 7 heteroatoms. The van der Waals surface area contributed by atoms with E-state index in [0.29, 0.717) is 67.5 Å². The Kier molecular flexibility index (Phi) is 7.02. The Bertz CT molecular complexity index is 1490. The monoisotopic (exact) mass is 482 g/mol. The molecule has 0 heterocycles. The van der Waals surface area contributed by atoms with Crippen molar-refractivity contribution in [2.75, 3.05) is 14.2 Å². The average molecular weight is 482 g/mol. The quantitative estimate of drug-likeness (QED) is 0.315. The van der Waals surface area contributed by atoms with Crippen molar-refractivity contribution < 1.29 is 14.2 Å². The summed E-state index contributed by atoms with van der Waals surface area (Å²) < 4.78 is 17.2. The van der Waals surface area contributed by atoms with Crippen LogP contribution in [0.4, 0.5) is 0 Å². The first-order valence-corrected chi connectivity index (χ1v) is 11.0. The van der Waals surface area contributed by atoms with Crippen molar-refractivity contribution in [2.45, 2.75) is 0 Å². The zero-order valence-electron chi connectivity index (χ0n) is 19.9. The first-order valence-electron chi connectivity index (χ1n) is 11.0. The summed E-state index contributed by atoms with van der Waals surface area (Å²) in [6.07, 6.45) is 0. The van der Waals surface area contributed by atoms with Crippen LogP contribution in [0.15, 0.2) is 72.8 Å². The van der Waals surface area contributed by atoms with Gasteiger partial charge in [-0.05, 0) is 83.9 Å². The van der Waals surface area contributed by atoms with E-state index in [4.69, 9.17) is 14.2 Å². The van der Waals surface area contributed by atoms with E-state index in [1.807, 2.05) is 0 Å². The zero-order valence-corrected chi connectivity index (χ0v) is 19.9. The largest absolute Gasteiger partial charge is 0.497 e. The van der Waals surface area contributed by atoms with Gasteiger partial charge in [-0.2, -0.15) is 21.0 Å². The van der Waals surface area contributed by atoms with Gasteiger partial charge >= 0.3 is 0 Å². The highest BCUT2D eigenvalue weighted by molar-refractivity contribution is 5.78. The Hall–Kier alpha value is -5.76. The van der Waals surface area contributed by atoms with Crippen molar-refractivity contribution in [3.05, 3.63) is 95.1 Å². The molecule has 4 aromatic carbocycles. The Morgan fingerprint density at radius 1 is 0.486 bits per heavy atom. The van der Waals surface area contributed by atoms with E-state index in [-0.39, 0.29) is 0 Å². The van der Waals surface area contributed by atoms with Crippen LogP contribution >= 0.6 is 0 Å². The smallest absolute Gasteiger partial charge is 0.135 e.